The van der Waals surface area contributed by atoms with Gasteiger partial charge in [0, 0.05) is 38.9 Å². The highest BCUT2D eigenvalue weighted by molar-refractivity contribution is 7.15. The molecule has 0 unspecified atom stereocenters. The SMILES string of the molecule is COCCN(CCOC)Cc1sc(Nc2c(Cl)cc(Cl)cc2Cl)nc1C(F)(F)F. The highest BCUT2D eigenvalue weighted by atomic mass is 35.5. The normalized spacial score (nSPS) is 12.0. The van der Waals surface area contributed by atoms with E-state index in [9.17, 15) is 13.2 Å². The maximum Gasteiger partial charge on any atom is 0.434 e. The van der Waals surface area contributed by atoms with E-state index in [0.717, 1.165) is 11.3 Å². The van der Waals surface area contributed by atoms with Crippen molar-refractivity contribution < 1.29 is 22.6 Å². The molecular weight excluding hydrogens is 474 g/mol. The zero-order valence-corrected chi connectivity index (χ0v) is 18.7. The summed E-state index contributed by atoms with van der Waals surface area (Å²) in [4.78, 5) is 5.61. The average Bonchev–Trinajstić information content (AvgIpc) is 3.03. The van der Waals surface area contributed by atoms with E-state index in [2.05, 4.69) is 10.3 Å². The number of aromatic nitrogens is 1. The number of rotatable bonds is 10. The number of anilines is 2. The lowest BCUT2D eigenvalue weighted by Gasteiger charge is -2.21. The topological polar surface area (TPSA) is 46.6 Å². The molecule has 5 nitrogen and oxygen atoms in total. The van der Waals surface area contributed by atoms with Crippen LogP contribution in [0.4, 0.5) is 24.0 Å². The summed E-state index contributed by atoms with van der Waals surface area (Å²) in [7, 11) is 3.06. The minimum Gasteiger partial charge on any atom is -0.383 e. The number of ether oxygens (including phenoxy) is 2. The third-order valence-corrected chi connectivity index (χ3v) is 5.57. The van der Waals surface area contributed by atoms with Crippen LogP contribution in [-0.4, -0.2) is 50.4 Å². The average molecular weight is 493 g/mol. The smallest absolute Gasteiger partial charge is 0.383 e. The molecule has 0 saturated carbocycles. The molecule has 0 bridgehead atoms. The zero-order valence-electron chi connectivity index (χ0n) is 15.6. The minimum absolute atomic E-state index is 0.0249. The molecule has 0 fully saturated rings. The van der Waals surface area contributed by atoms with Crippen LogP contribution in [-0.2, 0) is 22.2 Å². The Balaban J connectivity index is 2.32. The summed E-state index contributed by atoms with van der Waals surface area (Å²) in [5.41, 5.74) is -0.714. The molecule has 2 rings (SSSR count). The number of hydrogen-bond donors (Lipinski definition) is 1. The molecular formula is C17H19Cl3F3N3O2S. The number of thiazole rings is 1. The number of benzene rings is 1. The molecule has 1 heterocycles. The van der Waals surface area contributed by atoms with E-state index in [0.29, 0.717) is 31.3 Å². The largest absolute Gasteiger partial charge is 0.434 e. The van der Waals surface area contributed by atoms with Gasteiger partial charge >= 0.3 is 6.18 Å². The Bertz CT molecular complexity index is 790. The van der Waals surface area contributed by atoms with Crippen LogP contribution in [0.15, 0.2) is 12.1 Å². The number of methoxy groups -OCH3 is 2. The molecule has 0 aliphatic carbocycles. The Hall–Kier alpha value is -0.810. The first-order chi connectivity index (χ1) is 13.7. The summed E-state index contributed by atoms with van der Waals surface area (Å²) >= 11 is 19.0. The lowest BCUT2D eigenvalue weighted by atomic mass is 10.3. The fourth-order valence-corrected chi connectivity index (χ4v) is 4.36. The second-order valence-electron chi connectivity index (χ2n) is 5.92. The lowest BCUT2D eigenvalue weighted by Crippen LogP contribution is -2.30. The Kier molecular flexibility index (Phi) is 9.27. The zero-order chi connectivity index (χ0) is 21.6. The minimum atomic E-state index is -4.60. The Morgan fingerprint density at radius 3 is 2.10 bits per heavy atom. The molecule has 1 aromatic heterocycles. The first-order valence-corrected chi connectivity index (χ1v) is 10.3. The van der Waals surface area contributed by atoms with Gasteiger partial charge in [0.25, 0.3) is 0 Å². The van der Waals surface area contributed by atoms with Crippen molar-refractivity contribution in [2.75, 3.05) is 45.8 Å². The summed E-state index contributed by atoms with van der Waals surface area (Å²) in [5, 5.41) is 3.47. The van der Waals surface area contributed by atoms with Crippen LogP contribution in [0.25, 0.3) is 0 Å². The predicted octanol–water partition coefficient (Wildman–Crippen LogP) is 5.96. The molecule has 0 spiro atoms. The molecule has 0 aliphatic heterocycles. The van der Waals surface area contributed by atoms with Crippen molar-refractivity contribution in [1.29, 1.82) is 0 Å². The van der Waals surface area contributed by atoms with Crippen molar-refractivity contribution in [3.05, 3.63) is 37.8 Å². The lowest BCUT2D eigenvalue weighted by molar-refractivity contribution is -0.141. The van der Waals surface area contributed by atoms with E-state index in [4.69, 9.17) is 44.3 Å². The van der Waals surface area contributed by atoms with Crippen molar-refractivity contribution in [3.63, 3.8) is 0 Å². The fraction of sp³-hybridized carbons (Fsp3) is 0.471. The van der Waals surface area contributed by atoms with Gasteiger partial charge in [-0.3, -0.25) is 4.90 Å². The summed E-state index contributed by atoms with van der Waals surface area (Å²) in [6, 6.07) is 2.88. The van der Waals surface area contributed by atoms with Gasteiger partial charge in [-0.15, -0.1) is 0 Å². The molecule has 162 valence electrons. The van der Waals surface area contributed by atoms with Gasteiger partial charge in [0.2, 0.25) is 0 Å². The Morgan fingerprint density at radius 2 is 1.62 bits per heavy atom. The van der Waals surface area contributed by atoms with Crippen LogP contribution in [0.5, 0.6) is 0 Å². The highest BCUT2D eigenvalue weighted by Gasteiger charge is 2.38. The van der Waals surface area contributed by atoms with Gasteiger partial charge in [-0.1, -0.05) is 46.1 Å². The van der Waals surface area contributed by atoms with Crippen molar-refractivity contribution in [2.45, 2.75) is 12.7 Å². The Labute approximate surface area is 185 Å². The maximum absolute atomic E-state index is 13.5. The van der Waals surface area contributed by atoms with Crippen LogP contribution in [0, 0.1) is 0 Å². The second-order valence-corrected chi connectivity index (χ2v) is 8.25. The summed E-state index contributed by atoms with van der Waals surface area (Å²) < 4.78 is 50.7. The number of halogens is 6. The number of nitrogens with one attached hydrogen (secondary N) is 1. The van der Waals surface area contributed by atoms with Gasteiger partial charge < -0.3 is 14.8 Å². The van der Waals surface area contributed by atoms with Gasteiger partial charge in [0.1, 0.15) is 0 Å². The van der Waals surface area contributed by atoms with Crippen LogP contribution < -0.4 is 5.32 Å². The first-order valence-electron chi connectivity index (χ1n) is 8.34. The molecule has 0 atom stereocenters. The number of alkyl halides is 3. The van der Waals surface area contributed by atoms with Gasteiger partial charge in [0.15, 0.2) is 10.8 Å². The Morgan fingerprint density at radius 1 is 1.07 bits per heavy atom. The van der Waals surface area contributed by atoms with E-state index in [1.54, 1.807) is 0 Å². The second kappa shape index (κ2) is 11.0. The fourth-order valence-electron chi connectivity index (χ4n) is 2.42. The van der Waals surface area contributed by atoms with Crippen molar-refractivity contribution in [3.8, 4) is 0 Å². The van der Waals surface area contributed by atoms with E-state index < -0.39 is 11.9 Å². The predicted molar refractivity (Wildman–Crippen MR) is 111 cm³/mol. The highest BCUT2D eigenvalue weighted by Crippen LogP contribution is 2.40. The summed E-state index contributed by atoms with van der Waals surface area (Å²) in [6.45, 7) is 1.71. The van der Waals surface area contributed by atoms with Crippen molar-refractivity contribution >= 4 is 57.0 Å². The van der Waals surface area contributed by atoms with E-state index >= 15 is 0 Å². The molecule has 29 heavy (non-hydrogen) atoms. The van der Waals surface area contributed by atoms with E-state index in [1.807, 2.05) is 4.90 Å². The van der Waals surface area contributed by atoms with E-state index in [-0.39, 0.29) is 32.3 Å². The van der Waals surface area contributed by atoms with Gasteiger partial charge in [-0.25, -0.2) is 4.98 Å². The molecule has 2 aromatic rings. The van der Waals surface area contributed by atoms with E-state index in [1.165, 1.54) is 26.4 Å². The number of nitrogens with zero attached hydrogens (tertiary/aromatic N) is 2. The molecule has 1 N–H and O–H groups in total. The molecule has 12 heteroatoms. The van der Waals surface area contributed by atoms with Gasteiger partial charge in [-0.2, -0.15) is 13.2 Å². The molecule has 0 radical (unpaired) electrons. The van der Waals surface area contributed by atoms with Gasteiger partial charge in [0.05, 0.1) is 33.8 Å². The van der Waals surface area contributed by atoms with Crippen LogP contribution >= 0.6 is 46.1 Å². The molecule has 0 amide bonds. The quantitative estimate of drug-likeness (QED) is 0.443. The monoisotopic (exact) mass is 491 g/mol. The van der Waals surface area contributed by atoms with Crippen LogP contribution in [0.2, 0.25) is 15.1 Å². The first kappa shape index (κ1) is 24.5. The number of hydrogen-bond acceptors (Lipinski definition) is 6. The third kappa shape index (κ3) is 7.13. The maximum atomic E-state index is 13.5. The summed E-state index contributed by atoms with van der Waals surface area (Å²) in [5.74, 6) is 0. The standard InChI is InChI=1S/C17H19Cl3F3N3O2S/c1-27-5-3-26(4-6-28-2)9-13-15(17(21,22)23)25-16(29-13)24-14-11(19)7-10(18)8-12(14)20/h7-8H,3-6,9H2,1-2H3,(H,24,25). The molecule has 0 aliphatic rings. The third-order valence-electron chi connectivity index (χ3n) is 3.80. The van der Waals surface area contributed by atoms with Crippen molar-refractivity contribution in [2.24, 2.45) is 0 Å². The van der Waals surface area contributed by atoms with Crippen molar-refractivity contribution in [1.82, 2.24) is 9.88 Å². The van der Waals surface area contributed by atoms with Crippen LogP contribution in [0.3, 0.4) is 0 Å². The molecule has 1 aromatic carbocycles. The molecule has 0 saturated heterocycles. The summed E-state index contributed by atoms with van der Waals surface area (Å²) in [6.07, 6.45) is -4.60. The van der Waals surface area contributed by atoms with Gasteiger partial charge in [-0.05, 0) is 12.1 Å². The van der Waals surface area contributed by atoms with Crippen LogP contribution in [0.1, 0.15) is 10.6 Å².